The van der Waals surface area contributed by atoms with Gasteiger partial charge in [0.05, 0.1) is 18.1 Å². The molecule has 19 heavy (non-hydrogen) atoms. The van der Waals surface area contributed by atoms with E-state index in [2.05, 4.69) is 21.0 Å². The zero-order valence-electron chi connectivity index (χ0n) is 9.90. The molecule has 3 rings (SSSR count). The Bertz CT molecular complexity index is 676. The fourth-order valence-electron chi connectivity index (χ4n) is 1.88. The summed E-state index contributed by atoms with van der Waals surface area (Å²) in [5.74, 6) is 0. The van der Waals surface area contributed by atoms with Gasteiger partial charge >= 0.3 is 0 Å². The van der Waals surface area contributed by atoms with Crippen LogP contribution in [0, 0.1) is 0 Å². The highest BCUT2D eigenvalue weighted by atomic mass is 79.9. The van der Waals surface area contributed by atoms with Crippen LogP contribution in [0.1, 0.15) is 17.2 Å². The van der Waals surface area contributed by atoms with Gasteiger partial charge in [-0.15, -0.1) is 0 Å². The molecule has 2 aromatic heterocycles. The van der Waals surface area contributed by atoms with Crippen LogP contribution in [0.25, 0.3) is 5.69 Å². The smallest absolute Gasteiger partial charge is 0.175 e. The van der Waals surface area contributed by atoms with Crippen LogP contribution in [-0.4, -0.2) is 14.9 Å². The van der Waals surface area contributed by atoms with Crippen molar-refractivity contribution in [1.29, 1.82) is 0 Å². The summed E-state index contributed by atoms with van der Waals surface area (Å²) >= 11 is 3.26. The zero-order chi connectivity index (χ0) is 13.2. The number of aliphatic hydroxyl groups is 1. The van der Waals surface area contributed by atoms with Gasteiger partial charge in [0.25, 0.3) is 0 Å². The van der Waals surface area contributed by atoms with Crippen molar-refractivity contribution in [3.8, 4) is 5.69 Å². The molecule has 0 aliphatic heterocycles. The van der Waals surface area contributed by atoms with Gasteiger partial charge in [0, 0.05) is 17.3 Å². The largest absolute Gasteiger partial charge is 0.457 e. The van der Waals surface area contributed by atoms with Gasteiger partial charge in [-0.25, -0.2) is 4.68 Å². The molecule has 1 unspecified atom stereocenters. The van der Waals surface area contributed by atoms with E-state index in [1.165, 1.54) is 6.26 Å². The van der Waals surface area contributed by atoms with Gasteiger partial charge in [0.1, 0.15) is 6.10 Å². The number of furan rings is 1. The van der Waals surface area contributed by atoms with Crippen LogP contribution in [-0.2, 0) is 0 Å². The van der Waals surface area contributed by atoms with Gasteiger partial charge in [-0.1, -0.05) is 18.2 Å². The Morgan fingerprint density at radius 2 is 2.00 bits per heavy atom. The highest BCUT2D eigenvalue weighted by Crippen LogP contribution is 2.29. The van der Waals surface area contributed by atoms with E-state index < -0.39 is 6.10 Å². The average molecular weight is 319 g/mol. The fraction of sp³-hybridized carbons (Fsp3) is 0.0714. The second kappa shape index (κ2) is 5.03. The summed E-state index contributed by atoms with van der Waals surface area (Å²) in [5, 5.41) is 14.5. The maximum absolute atomic E-state index is 10.3. The third-order valence-corrected chi connectivity index (χ3v) is 3.52. The maximum atomic E-state index is 10.3. The van der Waals surface area contributed by atoms with Crippen molar-refractivity contribution in [1.82, 2.24) is 9.78 Å². The standard InChI is InChI=1S/C14H11BrN2O2/c15-14-12(6-7-19-14)13(18)10-8-16-17(9-10)11-4-2-1-3-5-11/h1-9,13,18H. The molecule has 5 heteroatoms. The minimum atomic E-state index is -0.759. The number of hydrogen-bond donors (Lipinski definition) is 1. The van der Waals surface area contributed by atoms with Gasteiger partial charge in [-0.05, 0) is 34.1 Å². The molecule has 96 valence electrons. The maximum Gasteiger partial charge on any atom is 0.175 e. The van der Waals surface area contributed by atoms with Crippen molar-refractivity contribution in [3.63, 3.8) is 0 Å². The number of halogens is 1. The lowest BCUT2D eigenvalue weighted by Gasteiger charge is -2.05. The highest BCUT2D eigenvalue weighted by Gasteiger charge is 2.17. The second-order valence-corrected chi connectivity index (χ2v) is 4.83. The molecule has 4 nitrogen and oxygen atoms in total. The Balaban J connectivity index is 1.92. The molecule has 0 saturated carbocycles. The van der Waals surface area contributed by atoms with Crippen LogP contribution in [0.3, 0.4) is 0 Å². The molecular weight excluding hydrogens is 308 g/mol. The number of nitrogens with zero attached hydrogens (tertiary/aromatic N) is 2. The highest BCUT2D eigenvalue weighted by molar-refractivity contribution is 9.10. The van der Waals surface area contributed by atoms with Gasteiger partial charge in [0.2, 0.25) is 0 Å². The van der Waals surface area contributed by atoms with E-state index in [1.807, 2.05) is 30.3 Å². The third-order valence-electron chi connectivity index (χ3n) is 2.88. The van der Waals surface area contributed by atoms with Gasteiger partial charge in [-0.2, -0.15) is 5.10 Å². The zero-order valence-corrected chi connectivity index (χ0v) is 11.5. The fourth-order valence-corrected chi connectivity index (χ4v) is 2.34. The summed E-state index contributed by atoms with van der Waals surface area (Å²) in [5.41, 5.74) is 2.35. The second-order valence-electron chi connectivity index (χ2n) is 4.11. The van der Waals surface area contributed by atoms with E-state index in [1.54, 1.807) is 23.1 Å². The molecule has 1 N–H and O–H groups in total. The van der Waals surface area contributed by atoms with E-state index in [9.17, 15) is 5.11 Å². The predicted octanol–water partition coefficient (Wildman–Crippen LogP) is 3.31. The van der Waals surface area contributed by atoms with Crippen molar-refractivity contribution in [2.24, 2.45) is 0 Å². The van der Waals surface area contributed by atoms with Crippen molar-refractivity contribution in [3.05, 3.63) is 70.9 Å². The SMILES string of the molecule is OC(c1cnn(-c2ccccc2)c1)c1ccoc1Br. The predicted molar refractivity (Wildman–Crippen MR) is 74.0 cm³/mol. The molecule has 0 fully saturated rings. The Labute approximate surface area is 118 Å². The minimum absolute atomic E-state index is 0.535. The first-order valence-electron chi connectivity index (χ1n) is 5.76. The monoisotopic (exact) mass is 318 g/mol. The van der Waals surface area contributed by atoms with Crippen molar-refractivity contribution in [2.45, 2.75) is 6.10 Å². The first kappa shape index (κ1) is 12.2. The number of hydrogen-bond acceptors (Lipinski definition) is 3. The van der Waals surface area contributed by atoms with E-state index in [0.29, 0.717) is 15.8 Å². The molecule has 0 aliphatic rings. The molecule has 0 amide bonds. The van der Waals surface area contributed by atoms with Crippen molar-refractivity contribution in [2.75, 3.05) is 0 Å². The number of para-hydroxylation sites is 1. The topological polar surface area (TPSA) is 51.2 Å². The lowest BCUT2D eigenvalue weighted by atomic mass is 10.1. The van der Waals surface area contributed by atoms with Gasteiger partial charge in [0.15, 0.2) is 4.67 Å². The van der Waals surface area contributed by atoms with Crippen LogP contribution in [0.15, 0.2) is 64.1 Å². The third kappa shape index (κ3) is 2.34. The summed E-state index contributed by atoms with van der Waals surface area (Å²) < 4.78 is 7.39. The van der Waals surface area contributed by atoms with Gasteiger partial charge in [-0.3, -0.25) is 0 Å². The Morgan fingerprint density at radius 3 is 2.68 bits per heavy atom. The molecule has 0 radical (unpaired) electrons. The molecule has 3 aromatic rings. The average Bonchev–Trinajstić information content (AvgIpc) is 3.08. The molecular formula is C14H11BrN2O2. The molecule has 0 saturated heterocycles. The van der Waals surface area contributed by atoms with Crippen LogP contribution < -0.4 is 0 Å². The number of aromatic nitrogens is 2. The first-order valence-corrected chi connectivity index (χ1v) is 6.56. The molecule has 1 aromatic carbocycles. The first-order chi connectivity index (χ1) is 9.25. The normalized spacial score (nSPS) is 12.5. The van der Waals surface area contributed by atoms with Crippen molar-refractivity contribution >= 4 is 15.9 Å². The molecule has 2 heterocycles. The minimum Gasteiger partial charge on any atom is -0.457 e. The summed E-state index contributed by atoms with van der Waals surface area (Å²) in [6.45, 7) is 0. The summed E-state index contributed by atoms with van der Waals surface area (Å²) in [6.07, 6.45) is 4.23. The molecule has 0 bridgehead atoms. The van der Waals surface area contributed by atoms with Crippen molar-refractivity contribution < 1.29 is 9.52 Å². The van der Waals surface area contributed by atoms with Gasteiger partial charge < -0.3 is 9.52 Å². The number of rotatable bonds is 3. The van der Waals surface area contributed by atoms with Crippen LogP contribution in [0.2, 0.25) is 0 Å². The van der Waals surface area contributed by atoms with Crippen LogP contribution >= 0.6 is 15.9 Å². The van der Waals surface area contributed by atoms with E-state index >= 15 is 0 Å². The summed E-state index contributed by atoms with van der Waals surface area (Å²) in [6, 6.07) is 11.5. The van der Waals surface area contributed by atoms with Crippen LogP contribution in [0.5, 0.6) is 0 Å². The summed E-state index contributed by atoms with van der Waals surface area (Å²) in [7, 11) is 0. The Hall–Kier alpha value is -1.85. The molecule has 0 spiro atoms. The van der Waals surface area contributed by atoms with E-state index in [4.69, 9.17) is 4.42 Å². The van der Waals surface area contributed by atoms with E-state index in [0.717, 1.165) is 5.69 Å². The lowest BCUT2D eigenvalue weighted by molar-refractivity contribution is 0.218. The molecule has 1 atom stereocenters. The summed E-state index contributed by atoms with van der Waals surface area (Å²) in [4.78, 5) is 0. The number of benzene rings is 1. The quantitative estimate of drug-likeness (QED) is 0.806. The lowest BCUT2D eigenvalue weighted by Crippen LogP contribution is -1.97. The Morgan fingerprint density at radius 1 is 1.21 bits per heavy atom. The molecule has 0 aliphatic carbocycles. The van der Waals surface area contributed by atoms with E-state index in [-0.39, 0.29) is 0 Å². The van der Waals surface area contributed by atoms with Crippen LogP contribution in [0.4, 0.5) is 0 Å². The Kier molecular flexibility index (Phi) is 3.23. The number of aliphatic hydroxyl groups excluding tert-OH is 1.